The van der Waals surface area contributed by atoms with E-state index in [1.54, 1.807) is 72.8 Å². The van der Waals surface area contributed by atoms with Gasteiger partial charge in [0.05, 0.1) is 19.6 Å². The summed E-state index contributed by atoms with van der Waals surface area (Å²) in [4.78, 5) is 78.4. The van der Waals surface area contributed by atoms with Crippen LogP contribution < -0.4 is 67.6 Å². The summed E-state index contributed by atoms with van der Waals surface area (Å²) in [7, 11) is 0. The van der Waals surface area contributed by atoms with Crippen LogP contribution in [0.3, 0.4) is 0 Å². The molecule has 0 aliphatic carbocycles. The van der Waals surface area contributed by atoms with Gasteiger partial charge in [-0.3, -0.25) is 28.8 Å². The molecule has 3 atom stereocenters. The lowest BCUT2D eigenvalue weighted by Gasteiger charge is -2.27. The Balaban J connectivity index is 2.00. The summed E-state index contributed by atoms with van der Waals surface area (Å²) in [5.41, 5.74) is 50.6. The molecule has 18 nitrogen and oxygen atoms in total. The van der Waals surface area contributed by atoms with Crippen LogP contribution in [-0.2, 0) is 28.8 Å². The molecule has 3 amide bonds. The van der Waals surface area contributed by atoms with E-state index < -0.39 is 77.2 Å². The van der Waals surface area contributed by atoms with Crippen molar-refractivity contribution in [1.82, 2.24) is 0 Å². The largest absolute Gasteiger partial charge is 0.330 e. The molecule has 0 radical (unpaired) electrons. The fourth-order valence-corrected chi connectivity index (χ4v) is 6.91. The minimum absolute atomic E-state index is 0.0763. The van der Waals surface area contributed by atoms with Gasteiger partial charge in [0.25, 0.3) is 17.7 Å². The molecular weight excluding hydrogens is 781 g/mol. The molecule has 0 aromatic heterocycles. The monoisotopic (exact) mass is 845 g/mol. The van der Waals surface area contributed by atoms with Crippen LogP contribution in [0.25, 0.3) is 0 Å². The molecule has 21 N–H and O–H groups in total. The Morgan fingerprint density at radius 1 is 0.393 bits per heavy atom. The Morgan fingerprint density at radius 2 is 0.623 bits per heavy atom. The third-order valence-corrected chi connectivity index (χ3v) is 10.8. The summed E-state index contributed by atoms with van der Waals surface area (Å²) in [5, 5.41) is 8.26. The third-order valence-electron chi connectivity index (χ3n) is 10.8. The standard InChI is InChI=1S/C43H64N12O6/c44-22-4-1-19-41(50,34(56)25-47)38(59)53-31-13-7-28(8-14-31)37(29-9-15-32(16-10-29)54-39(60)42(51,35(57)26-48)20-2-5-23-45)30-11-17-33(18-12-30)55-40(61)43(52,36(58)27-49)21-3-6-24-46/h7-18,37H,1-6,19-27,44-52H2,(H,53,59)(H,54,60)(H,55,61)/t41-,42-,43-/m0/s1. The number of Topliss-reactive ketones (excluding diaryl/α,β-unsaturated/α-hetero) is 3. The van der Waals surface area contributed by atoms with Crippen LogP contribution in [0.2, 0.25) is 0 Å². The van der Waals surface area contributed by atoms with Crippen LogP contribution in [0, 0.1) is 0 Å². The van der Waals surface area contributed by atoms with E-state index in [-0.39, 0.29) is 19.3 Å². The van der Waals surface area contributed by atoms with Crippen LogP contribution in [0.5, 0.6) is 0 Å². The van der Waals surface area contributed by atoms with Gasteiger partial charge in [-0.15, -0.1) is 0 Å². The number of carbonyl (C=O) groups excluding carboxylic acids is 6. The van der Waals surface area contributed by atoms with Gasteiger partial charge in [0.15, 0.2) is 34.0 Å². The Morgan fingerprint density at radius 3 is 0.820 bits per heavy atom. The average molecular weight is 845 g/mol. The van der Waals surface area contributed by atoms with E-state index in [9.17, 15) is 28.8 Å². The van der Waals surface area contributed by atoms with Crippen LogP contribution in [0.1, 0.15) is 80.4 Å². The normalized spacial score (nSPS) is 14.3. The third kappa shape index (κ3) is 12.9. The number of hydrogen-bond acceptors (Lipinski definition) is 15. The highest BCUT2D eigenvalue weighted by Gasteiger charge is 2.42. The lowest BCUT2D eigenvalue weighted by Crippen LogP contribution is -2.59. The quantitative estimate of drug-likeness (QED) is 0.0267. The summed E-state index contributed by atoms with van der Waals surface area (Å²) in [6.45, 7) is -0.0683. The van der Waals surface area contributed by atoms with Gasteiger partial charge >= 0.3 is 0 Å². The first-order valence-corrected chi connectivity index (χ1v) is 20.5. The number of benzene rings is 3. The summed E-state index contributed by atoms with van der Waals surface area (Å²) in [5.74, 6) is -4.31. The predicted molar refractivity (Wildman–Crippen MR) is 238 cm³/mol. The van der Waals surface area contributed by atoms with E-state index in [2.05, 4.69) is 16.0 Å². The van der Waals surface area contributed by atoms with Crippen LogP contribution in [0.15, 0.2) is 72.8 Å². The van der Waals surface area contributed by atoms with Gasteiger partial charge in [-0.1, -0.05) is 36.4 Å². The minimum Gasteiger partial charge on any atom is -0.330 e. The molecule has 3 aromatic rings. The number of ketones is 3. The van der Waals surface area contributed by atoms with E-state index in [1.165, 1.54) is 0 Å². The molecule has 18 heteroatoms. The summed E-state index contributed by atoms with van der Waals surface area (Å²) in [6, 6.07) is 20.9. The molecular formula is C43H64N12O6. The first kappa shape index (κ1) is 50.1. The maximum Gasteiger partial charge on any atom is 0.252 e. The highest BCUT2D eigenvalue weighted by Crippen LogP contribution is 2.34. The fourth-order valence-electron chi connectivity index (χ4n) is 6.91. The second-order valence-corrected chi connectivity index (χ2v) is 15.2. The predicted octanol–water partition coefficient (Wildman–Crippen LogP) is -0.255. The van der Waals surface area contributed by atoms with E-state index >= 15 is 0 Å². The van der Waals surface area contributed by atoms with Crippen molar-refractivity contribution >= 4 is 52.1 Å². The zero-order valence-corrected chi connectivity index (χ0v) is 34.8. The summed E-state index contributed by atoms with van der Waals surface area (Å²) >= 11 is 0. The van der Waals surface area contributed by atoms with Crippen molar-refractivity contribution in [1.29, 1.82) is 0 Å². The van der Waals surface area contributed by atoms with Gasteiger partial charge < -0.3 is 67.6 Å². The summed E-state index contributed by atoms with van der Waals surface area (Å²) < 4.78 is 0. The van der Waals surface area contributed by atoms with Crippen molar-refractivity contribution in [3.63, 3.8) is 0 Å². The molecule has 61 heavy (non-hydrogen) atoms. The molecule has 0 saturated carbocycles. The maximum atomic E-state index is 13.4. The van der Waals surface area contributed by atoms with Crippen LogP contribution >= 0.6 is 0 Å². The number of amides is 3. The molecule has 0 bridgehead atoms. The smallest absolute Gasteiger partial charge is 0.252 e. The van der Waals surface area contributed by atoms with Crippen molar-refractivity contribution in [3.8, 4) is 0 Å². The lowest BCUT2D eigenvalue weighted by molar-refractivity contribution is -0.134. The number of anilines is 3. The molecule has 0 aliphatic rings. The zero-order valence-electron chi connectivity index (χ0n) is 34.8. The Labute approximate surface area is 356 Å². The first-order valence-electron chi connectivity index (χ1n) is 20.5. The number of hydrogen-bond donors (Lipinski definition) is 12. The van der Waals surface area contributed by atoms with Crippen molar-refractivity contribution in [2.75, 3.05) is 55.2 Å². The van der Waals surface area contributed by atoms with Crippen molar-refractivity contribution in [2.45, 2.75) is 80.3 Å². The van der Waals surface area contributed by atoms with Crippen molar-refractivity contribution in [2.24, 2.45) is 51.6 Å². The molecule has 0 fully saturated rings. The van der Waals surface area contributed by atoms with Crippen LogP contribution in [0.4, 0.5) is 17.1 Å². The number of rotatable bonds is 27. The molecule has 0 heterocycles. The van der Waals surface area contributed by atoms with Gasteiger partial charge in [0, 0.05) is 23.0 Å². The average Bonchev–Trinajstić information content (AvgIpc) is 3.27. The maximum absolute atomic E-state index is 13.4. The first-order chi connectivity index (χ1) is 29.1. The topological polar surface area (TPSA) is 373 Å². The van der Waals surface area contributed by atoms with Gasteiger partial charge in [-0.25, -0.2) is 0 Å². The van der Waals surface area contributed by atoms with Gasteiger partial charge in [0.1, 0.15) is 0 Å². The molecule has 3 aromatic carbocycles. The second-order valence-electron chi connectivity index (χ2n) is 15.2. The minimum atomic E-state index is -1.84. The molecule has 332 valence electrons. The highest BCUT2D eigenvalue weighted by molar-refractivity contribution is 6.17. The van der Waals surface area contributed by atoms with Crippen LogP contribution in [-0.4, -0.2) is 91.0 Å². The Bertz CT molecular complexity index is 1720. The zero-order chi connectivity index (χ0) is 45.2. The molecule has 0 aliphatic heterocycles. The lowest BCUT2D eigenvalue weighted by atomic mass is 9.84. The van der Waals surface area contributed by atoms with Crippen molar-refractivity contribution < 1.29 is 28.8 Å². The van der Waals surface area contributed by atoms with Gasteiger partial charge in [-0.05, 0) is 131 Å². The fraction of sp³-hybridized carbons (Fsp3) is 0.442. The van der Waals surface area contributed by atoms with Gasteiger partial charge in [0.2, 0.25) is 0 Å². The molecule has 3 rings (SSSR count). The second kappa shape index (κ2) is 23.6. The molecule has 0 saturated heterocycles. The molecule has 0 unspecified atom stereocenters. The Hall–Kier alpha value is -5.28. The summed E-state index contributed by atoms with van der Waals surface area (Å²) in [6.07, 6.45) is 3.34. The van der Waals surface area contributed by atoms with Gasteiger partial charge in [-0.2, -0.15) is 0 Å². The highest BCUT2D eigenvalue weighted by atomic mass is 16.2. The number of nitrogens with one attached hydrogen (secondary N) is 3. The Kier molecular flexibility index (Phi) is 19.4. The van der Waals surface area contributed by atoms with E-state index in [0.717, 1.165) is 16.7 Å². The van der Waals surface area contributed by atoms with E-state index in [4.69, 9.17) is 51.6 Å². The van der Waals surface area contributed by atoms with E-state index in [0.29, 0.717) is 75.2 Å². The SMILES string of the molecule is NCCCC[C@](N)(C(=O)CN)C(=O)Nc1ccc(C(c2ccc(NC(=O)[C@](N)(CCCCN)C(=O)CN)cc2)c2ccc(NC(=O)[C@](N)(CCCCN)C(=O)CN)cc2)cc1. The number of nitrogens with two attached hydrogens (primary N) is 9. The molecule has 0 spiro atoms. The van der Waals surface area contributed by atoms with E-state index in [1.807, 2.05) is 0 Å². The number of unbranched alkanes of at least 4 members (excludes halogenated alkanes) is 3. The number of carbonyl (C=O) groups is 6. The van der Waals surface area contributed by atoms with Crippen molar-refractivity contribution in [3.05, 3.63) is 89.5 Å².